The van der Waals surface area contributed by atoms with E-state index < -0.39 is 0 Å². The largest absolute Gasteiger partial charge is 0.294 e. The molecule has 25 heavy (non-hydrogen) atoms. The van der Waals surface area contributed by atoms with Crippen molar-refractivity contribution in [1.82, 2.24) is 15.2 Å². The van der Waals surface area contributed by atoms with E-state index in [-0.39, 0.29) is 16.6 Å². The summed E-state index contributed by atoms with van der Waals surface area (Å²) in [7, 11) is 0. The molecule has 1 heterocycles. The van der Waals surface area contributed by atoms with E-state index >= 15 is 0 Å². The zero-order valence-electron chi connectivity index (χ0n) is 15.0. The Morgan fingerprint density at radius 3 is 2.72 bits per heavy atom. The molecule has 0 aliphatic heterocycles. The topological polar surface area (TPSA) is 55.7 Å². The zero-order chi connectivity index (χ0) is 17.7. The van der Waals surface area contributed by atoms with Gasteiger partial charge in [0.15, 0.2) is 5.78 Å². The van der Waals surface area contributed by atoms with Crippen molar-refractivity contribution < 1.29 is 4.79 Å². The molecule has 0 radical (unpaired) electrons. The molecule has 2 atom stereocenters. The van der Waals surface area contributed by atoms with E-state index in [9.17, 15) is 4.79 Å². The lowest BCUT2D eigenvalue weighted by atomic mass is 9.70. The van der Waals surface area contributed by atoms with Crippen LogP contribution in [0.25, 0.3) is 0 Å². The van der Waals surface area contributed by atoms with Gasteiger partial charge >= 0.3 is 0 Å². The molecule has 4 rings (SSSR count). The van der Waals surface area contributed by atoms with Crippen molar-refractivity contribution in [2.45, 2.75) is 56.5 Å². The summed E-state index contributed by atoms with van der Waals surface area (Å²) in [6.07, 6.45) is 2.85. The molecule has 0 saturated heterocycles. The SMILES string of the molecule is CC12CCC(c3nnc(SCCC(=O)c4ccccc4)nc31)C2(C)C. The first-order valence-electron chi connectivity index (χ1n) is 8.89. The number of benzene rings is 1. The maximum absolute atomic E-state index is 12.2. The van der Waals surface area contributed by atoms with Gasteiger partial charge in [0.2, 0.25) is 5.16 Å². The number of aromatic nitrogens is 3. The predicted octanol–water partition coefficient (Wildman–Crippen LogP) is 4.41. The second-order valence-electron chi connectivity index (χ2n) is 7.86. The average molecular weight is 353 g/mol. The number of hydrogen-bond acceptors (Lipinski definition) is 5. The maximum atomic E-state index is 12.2. The number of carbonyl (C=O) groups excluding carboxylic acids is 1. The van der Waals surface area contributed by atoms with E-state index in [0.29, 0.717) is 23.2 Å². The maximum Gasteiger partial charge on any atom is 0.209 e. The van der Waals surface area contributed by atoms with Crippen LogP contribution in [0.1, 0.15) is 67.7 Å². The number of hydrogen-bond donors (Lipinski definition) is 0. The summed E-state index contributed by atoms with van der Waals surface area (Å²) in [4.78, 5) is 17.0. The van der Waals surface area contributed by atoms with Gasteiger partial charge in [0.25, 0.3) is 0 Å². The van der Waals surface area contributed by atoms with E-state index in [1.54, 1.807) is 0 Å². The van der Waals surface area contributed by atoms with Crippen LogP contribution in [0.5, 0.6) is 0 Å². The molecule has 1 aromatic heterocycles. The van der Waals surface area contributed by atoms with Gasteiger partial charge in [0.05, 0.1) is 11.4 Å². The van der Waals surface area contributed by atoms with E-state index in [1.807, 2.05) is 30.3 Å². The van der Waals surface area contributed by atoms with Crippen molar-refractivity contribution in [3.8, 4) is 0 Å². The Bertz CT molecular complexity index is 821. The number of ketones is 1. The lowest BCUT2D eigenvalue weighted by Crippen LogP contribution is -2.32. The molecule has 2 aliphatic carbocycles. The minimum Gasteiger partial charge on any atom is -0.294 e. The van der Waals surface area contributed by atoms with E-state index in [4.69, 9.17) is 4.98 Å². The molecule has 1 saturated carbocycles. The highest BCUT2D eigenvalue weighted by molar-refractivity contribution is 7.99. The number of rotatable bonds is 5. The number of carbonyl (C=O) groups is 1. The van der Waals surface area contributed by atoms with Crippen molar-refractivity contribution in [2.24, 2.45) is 5.41 Å². The summed E-state index contributed by atoms with van der Waals surface area (Å²) in [6, 6.07) is 9.43. The summed E-state index contributed by atoms with van der Waals surface area (Å²) in [5, 5.41) is 9.54. The first kappa shape index (κ1) is 16.7. The molecule has 1 fully saturated rings. The Labute approximate surface area is 152 Å². The van der Waals surface area contributed by atoms with Crippen LogP contribution in [0.4, 0.5) is 0 Å². The number of fused-ring (bicyclic) bond motifs is 5. The van der Waals surface area contributed by atoms with Crippen molar-refractivity contribution in [3.05, 3.63) is 47.3 Å². The molecule has 2 unspecified atom stereocenters. The fourth-order valence-corrected chi connectivity index (χ4v) is 5.15. The van der Waals surface area contributed by atoms with Gasteiger partial charge in [0, 0.05) is 29.1 Å². The van der Waals surface area contributed by atoms with E-state index in [2.05, 4.69) is 31.0 Å². The third kappa shape index (κ3) is 2.51. The standard InChI is InChI=1S/C20H23N3OS/c1-19(2)14-9-11-20(19,3)17-16(14)22-23-18(21-17)25-12-10-15(24)13-7-5-4-6-8-13/h4-8,14H,9-12H2,1-3H3. The van der Waals surface area contributed by atoms with Crippen LogP contribution in [0.2, 0.25) is 0 Å². The third-order valence-electron chi connectivity index (χ3n) is 6.43. The van der Waals surface area contributed by atoms with Gasteiger partial charge in [-0.25, -0.2) is 4.98 Å². The quantitative estimate of drug-likeness (QED) is 0.588. The van der Waals surface area contributed by atoms with Crippen LogP contribution in [0.15, 0.2) is 35.5 Å². The predicted molar refractivity (Wildman–Crippen MR) is 99.0 cm³/mol. The Morgan fingerprint density at radius 2 is 1.96 bits per heavy atom. The van der Waals surface area contributed by atoms with E-state index in [0.717, 1.165) is 17.0 Å². The minimum absolute atomic E-state index is 0.0953. The molecule has 130 valence electrons. The molecule has 0 N–H and O–H groups in total. The molecule has 2 bridgehead atoms. The molecule has 2 aromatic rings. The van der Waals surface area contributed by atoms with E-state index in [1.165, 1.54) is 24.6 Å². The first-order chi connectivity index (χ1) is 11.9. The summed E-state index contributed by atoms with van der Waals surface area (Å²) in [5.74, 6) is 1.32. The summed E-state index contributed by atoms with van der Waals surface area (Å²) >= 11 is 1.53. The third-order valence-corrected chi connectivity index (χ3v) is 7.27. The Hall–Kier alpha value is -1.75. The number of thioether (sulfide) groups is 1. The molecule has 4 nitrogen and oxygen atoms in total. The second-order valence-corrected chi connectivity index (χ2v) is 8.92. The van der Waals surface area contributed by atoms with Crippen LogP contribution < -0.4 is 0 Å². The zero-order valence-corrected chi connectivity index (χ0v) is 15.8. The van der Waals surface area contributed by atoms with Crippen molar-refractivity contribution in [2.75, 3.05) is 5.75 Å². The smallest absolute Gasteiger partial charge is 0.209 e. The number of nitrogens with zero attached hydrogens (tertiary/aromatic N) is 3. The van der Waals surface area contributed by atoms with Crippen LogP contribution in [-0.2, 0) is 5.41 Å². The van der Waals surface area contributed by atoms with Gasteiger partial charge in [-0.3, -0.25) is 4.79 Å². The fourth-order valence-electron chi connectivity index (χ4n) is 4.43. The van der Waals surface area contributed by atoms with Gasteiger partial charge in [0.1, 0.15) is 0 Å². The van der Waals surface area contributed by atoms with Gasteiger partial charge in [-0.15, -0.1) is 5.10 Å². The Morgan fingerprint density at radius 1 is 1.20 bits per heavy atom. The van der Waals surface area contributed by atoms with Crippen molar-refractivity contribution >= 4 is 17.5 Å². The summed E-state index contributed by atoms with van der Waals surface area (Å²) in [6.45, 7) is 6.99. The van der Waals surface area contributed by atoms with Gasteiger partial charge in [-0.1, -0.05) is 62.9 Å². The van der Waals surface area contributed by atoms with Crippen LogP contribution in [0, 0.1) is 5.41 Å². The lowest BCUT2D eigenvalue weighted by Gasteiger charge is -2.33. The van der Waals surface area contributed by atoms with Crippen molar-refractivity contribution in [1.29, 1.82) is 0 Å². The molecule has 5 heteroatoms. The molecule has 1 aromatic carbocycles. The number of Topliss-reactive ketones (excluding diaryl/α,β-unsaturated/α-hetero) is 1. The summed E-state index contributed by atoms with van der Waals surface area (Å²) in [5.41, 5.74) is 3.30. The normalized spacial score (nSPS) is 25.8. The molecular weight excluding hydrogens is 330 g/mol. The van der Waals surface area contributed by atoms with Crippen LogP contribution in [0.3, 0.4) is 0 Å². The average Bonchev–Trinajstić information content (AvgIpc) is 2.95. The second kappa shape index (κ2) is 5.90. The monoisotopic (exact) mass is 353 g/mol. The highest BCUT2D eigenvalue weighted by Gasteiger charge is 2.61. The van der Waals surface area contributed by atoms with Crippen LogP contribution in [-0.4, -0.2) is 26.7 Å². The van der Waals surface area contributed by atoms with Crippen LogP contribution >= 0.6 is 11.8 Å². The highest BCUT2D eigenvalue weighted by atomic mass is 32.2. The lowest BCUT2D eigenvalue weighted by molar-refractivity contribution is 0.0989. The molecule has 2 aliphatic rings. The summed E-state index contributed by atoms with van der Waals surface area (Å²) < 4.78 is 0. The minimum atomic E-state index is 0.0953. The Kier molecular flexibility index (Phi) is 3.95. The van der Waals surface area contributed by atoms with Gasteiger partial charge in [-0.05, 0) is 18.3 Å². The first-order valence-corrected chi connectivity index (χ1v) is 9.88. The Balaban J connectivity index is 1.45. The fraction of sp³-hybridized carbons (Fsp3) is 0.500. The molecular formula is C20H23N3OS. The molecule has 0 spiro atoms. The van der Waals surface area contributed by atoms with Gasteiger partial charge < -0.3 is 0 Å². The highest BCUT2D eigenvalue weighted by Crippen LogP contribution is 2.66. The molecule has 0 amide bonds. The van der Waals surface area contributed by atoms with Crippen molar-refractivity contribution in [3.63, 3.8) is 0 Å². The van der Waals surface area contributed by atoms with Gasteiger partial charge in [-0.2, -0.15) is 5.10 Å².